The number of aromatic nitrogens is 1. The molecule has 0 radical (unpaired) electrons. The van der Waals surface area contributed by atoms with Crippen molar-refractivity contribution in [2.45, 2.75) is 13.3 Å². The smallest absolute Gasteiger partial charge is 0.216 e. The molecular formula is C10H12N2O2S. The van der Waals surface area contributed by atoms with Gasteiger partial charge in [0.05, 0.1) is 5.69 Å². The molecule has 0 aliphatic heterocycles. The van der Waals surface area contributed by atoms with Crippen LogP contribution in [-0.4, -0.2) is 23.7 Å². The number of rotatable bonds is 5. The van der Waals surface area contributed by atoms with E-state index in [2.05, 4.69) is 10.3 Å². The molecule has 0 fully saturated rings. The van der Waals surface area contributed by atoms with Gasteiger partial charge in [-0.2, -0.15) is 0 Å². The average Bonchev–Trinajstić information content (AvgIpc) is 2.65. The monoisotopic (exact) mass is 224 g/mol. The standard InChI is InChI=1S/C10H12N2O2S/c1-8(14)11-5-3-2-4-9-7-15-10(6-13)12-9/h2,4,6-7H,3,5H2,1H3,(H,11,14). The fraction of sp³-hybridized carbons (Fsp3) is 0.300. The molecule has 1 amide bonds. The number of hydrogen-bond donors (Lipinski definition) is 1. The lowest BCUT2D eigenvalue weighted by molar-refractivity contribution is -0.118. The van der Waals surface area contributed by atoms with Gasteiger partial charge in [-0.25, -0.2) is 4.98 Å². The van der Waals surface area contributed by atoms with Crippen molar-refractivity contribution in [3.8, 4) is 0 Å². The first kappa shape index (κ1) is 11.6. The van der Waals surface area contributed by atoms with Crippen LogP contribution in [0, 0.1) is 0 Å². The van der Waals surface area contributed by atoms with Crippen molar-refractivity contribution >= 4 is 29.6 Å². The number of amides is 1. The van der Waals surface area contributed by atoms with E-state index >= 15 is 0 Å². The summed E-state index contributed by atoms with van der Waals surface area (Å²) in [6.07, 6.45) is 5.25. The van der Waals surface area contributed by atoms with E-state index in [1.807, 2.05) is 17.5 Å². The lowest BCUT2D eigenvalue weighted by Crippen LogP contribution is -2.20. The van der Waals surface area contributed by atoms with Gasteiger partial charge in [0.2, 0.25) is 5.91 Å². The minimum Gasteiger partial charge on any atom is -0.356 e. The van der Waals surface area contributed by atoms with Crippen LogP contribution < -0.4 is 5.32 Å². The molecule has 0 saturated carbocycles. The zero-order chi connectivity index (χ0) is 11.1. The van der Waals surface area contributed by atoms with Gasteiger partial charge in [0.1, 0.15) is 0 Å². The quantitative estimate of drug-likeness (QED) is 0.609. The molecule has 1 heterocycles. The van der Waals surface area contributed by atoms with Crippen molar-refractivity contribution in [3.63, 3.8) is 0 Å². The predicted molar refractivity (Wildman–Crippen MR) is 59.8 cm³/mol. The van der Waals surface area contributed by atoms with Crippen LogP contribution in [0.5, 0.6) is 0 Å². The van der Waals surface area contributed by atoms with E-state index in [4.69, 9.17) is 0 Å². The molecular weight excluding hydrogens is 212 g/mol. The molecule has 4 nitrogen and oxygen atoms in total. The Kier molecular flexibility index (Phi) is 4.70. The highest BCUT2D eigenvalue weighted by atomic mass is 32.1. The Balaban J connectivity index is 2.31. The first-order chi connectivity index (χ1) is 7.22. The van der Waals surface area contributed by atoms with Gasteiger partial charge in [-0.1, -0.05) is 6.08 Å². The van der Waals surface area contributed by atoms with Crippen LogP contribution in [0.1, 0.15) is 28.8 Å². The van der Waals surface area contributed by atoms with Crippen LogP contribution in [0.25, 0.3) is 6.08 Å². The van der Waals surface area contributed by atoms with Gasteiger partial charge in [0.25, 0.3) is 0 Å². The average molecular weight is 224 g/mol. The maximum Gasteiger partial charge on any atom is 0.216 e. The third kappa shape index (κ3) is 4.51. The topological polar surface area (TPSA) is 59.1 Å². The van der Waals surface area contributed by atoms with Gasteiger partial charge < -0.3 is 5.32 Å². The van der Waals surface area contributed by atoms with Gasteiger partial charge in [-0.3, -0.25) is 9.59 Å². The number of hydrogen-bond acceptors (Lipinski definition) is 4. The lowest BCUT2D eigenvalue weighted by Gasteiger charge is -1.95. The summed E-state index contributed by atoms with van der Waals surface area (Å²) >= 11 is 1.32. The van der Waals surface area contributed by atoms with Crippen LogP contribution in [0.15, 0.2) is 11.5 Å². The number of carbonyl (C=O) groups is 2. The van der Waals surface area contributed by atoms with Crippen molar-refractivity contribution in [3.05, 3.63) is 22.2 Å². The third-order valence-electron chi connectivity index (χ3n) is 1.61. The first-order valence-corrected chi connectivity index (χ1v) is 5.42. The molecule has 15 heavy (non-hydrogen) atoms. The molecule has 1 aromatic rings. The van der Waals surface area contributed by atoms with E-state index in [1.54, 1.807) is 0 Å². The van der Waals surface area contributed by atoms with E-state index in [0.717, 1.165) is 18.4 Å². The predicted octanol–water partition coefficient (Wildman–Crippen LogP) is 1.50. The Labute approximate surface area is 92.0 Å². The number of carbonyl (C=O) groups excluding carboxylic acids is 2. The highest BCUT2D eigenvalue weighted by molar-refractivity contribution is 7.11. The second kappa shape index (κ2) is 6.08. The molecule has 0 atom stereocenters. The molecule has 1 rings (SSSR count). The van der Waals surface area contributed by atoms with Gasteiger partial charge >= 0.3 is 0 Å². The summed E-state index contributed by atoms with van der Waals surface area (Å²) in [5.74, 6) is -0.0275. The molecule has 1 aromatic heterocycles. The molecule has 0 aliphatic carbocycles. The van der Waals surface area contributed by atoms with Crippen LogP contribution >= 0.6 is 11.3 Å². The van der Waals surface area contributed by atoms with Crippen molar-refractivity contribution in [2.75, 3.05) is 6.54 Å². The molecule has 0 spiro atoms. The Morgan fingerprint density at radius 3 is 3.07 bits per heavy atom. The molecule has 0 saturated heterocycles. The Hall–Kier alpha value is -1.49. The minimum absolute atomic E-state index is 0.0275. The van der Waals surface area contributed by atoms with Gasteiger partial charge in [-0.05, 0) is 12.5 Å². The second-order valence-electron chi connectivity index (χ2n) is 2.90. The van der Waals surface area contributed by atoms with Crippen LogP contribution in [0.2, 0.25) is 0 Å². The summed E-state index contributed by atoms with van der Waals surface area (Å²) in [5, 5.41) is 4.98. The molecule has 80 valence electrons. The van der Waals surface area contributed by atoms with E-state index < -0.39 is 0 Å². The van der Waals surface area contributed by atoms with Crippen LogP contribution in [0.4, 0.5) is 0 Å². The fourth-order valence-corrected chi connectivity index (χ4v) is 1.55. The lowest BCUT2D eigenvalue weighted by atomic mass is 10.3. The first-order valence-electron chi connectivity index (χ1n) is 4.54. The molecule has 0 unspecified atom stereocenters. The van der Waals surface area contributed by atoms with Gasteiger partial charge in [-0.15, -0.1) is 11.3 Å². The number of nitrogens with zero attached hydrogens (tertiary/aromatic N) is 1. The molecule has 5 heteroatoms. The van der Waals surface area contributed by atoms with Crippen molar-refractivity contribution in [2.24, 2.45) is 0 Å². The Morgan fingerprint density at radius 1 is 1.67 bits per heavy atom. The van der Waals surface area contributed by atoms with E-state index in [9.17, 15) is 9.59 Å². The SMILES string of the molecule is CC(=O)NCCC=Cc1csc(C=O)n1. The highest BCUT2D eigenvalue weighted by Crippen LogP contribution is 2.08. The van der Waals surface area contributed by atoms with E-state index in [1.165, 1.54) is 18.3 Å². The second-order valence-corrected chi connectivity index (χ2v) is 3.79. The molecule has 0 bridgehead atoms. The summed E-state index contributed by atoms with van der Waals surface area (Å²) in [6, 6.07) is 0. The summed E-state index contributed by atoms with van der Waals surface area (Å²) in [4.78, 5) is 24.9. The highest BCUT2D eigenvalue weighted by Gasteiger charge is 1.95. The van der Waals surface area contributed by atoms with Crippen molar-refractivity contribution in [1.82, 2.24) is 10.3 Å². The fourth-order valence-electron chi connectivity index (χ4n) is 0.967. The van der Waals surface area contributed by atoms with E-state index in [-0.39, 0.29) is 5.91 Å². The van der Waals surface area contributed by atoms with E-state index in [0.29, 0.717) is 11.6 Å². The number of aldehydes is 1. The Bertz CT molecular complexity index is 371. The van der Waals surface area contributed by atoms with Crippen molar-refractivity contribution < 1.29 is 9.59 Å². The summed E-state index contributed by atoms with van der Waals surface area (Å²) < 4.78 is 0. The van der Waals surface area contributed by atoms with Gasteiger partial charge in [0, 0.05) is 18.8 Å². The summed E-state index contributed by atoms with van der Waals surface area (Å²) in [5.41, 5.74) is 0.782. The summed E-state index contributed by atoms with van der Waals surface area (Å²) in [6.45, 7) is 2.11. The Morgan fingerprint density at radius 2 is 2.47 bits per heavy atom. The van der Waals surface area contributed by atoms with Crippen LogP contribution in [0.3, 0.4) is 0 Å². The number of nitrogens with one attached hydrogen (secondary N) is 1. The molecule has 0 aromatic carbocycles. The summed E-state index contributed by atoms with van der Waals surface area (Å²) in [7, 11) is 0. The van der Waals surface area contributed by atoms with Crippen LogP contribution in [-0.2, 0) is 4.79 Å². The minimum atomic E-state index is -0.0275. The zero-order valence-corrected chi connectivity index (χ0v) is 9.21. The zero-order valence-electron chi connectivity index (χ0n) is 8.40. The molecule has 0 aliphatic rings. The van der Waals surface area contributed by atoms with Crippen molar-refractivity contribution in [1.29, 1.82) is 0 Å². The normalized spacial score (nSPS) is 10.5. The maximum atomic E-state index is 10.5. The molecule has 1 N–H and O–H groups in total. The number of thiazole rings is 1. The van der Waals surface area contributed by atoms with Gasteiger partial charge in [0.15, 0.2) is 11.3 Å². The maximum absolute atomic E-state index is 10.5. The largest absolute Gasteiger partial charge is 0.356 e. The third-order valence-corrected chi connectivity index (χ3v) is 2.40.